The molecule has 0 atom stereocenters. The molecule has 0 spiro atoms. The van der Waals surface area contributed by atoms with Gasteiger partial charge in [0.05, 0.1) is 6.54 Å². The number of benzene rings is 1. The summed E-state index contributed by atoms with van der Waals surface area (Å²) in [6.07, 6.45) is 0. The lowest BCUT2D eigenvalue weighted by molar-refractivity contribution is 0.479. The van der Waals surface area contributed by atoms with E-state index in [-0.39, 0.29) is 0 Å². The van der Waals surface area contributed by atoms with Crippen molar-refractivity contribution in [2.45, 2.75) is 13.5 Å². The third-order valence-electron chi connectivity index (χ3n) is 3.03. The van der Waals surface area contributed by atoms with Gasteiger partial charge in [0.2, 0.25) is 0 Å². The first kappa shape index (κ1) is 15.3. The van der Waals surface area contributed by atoms with Crippen LogP contribution in [0.3, 0.4) is 0 Å². The Hall–Kier alpha value is -1.71. The minimum absolute atomic E-state index is 0.714. The van der Waals surface area contributed by atoms with E-state index in [1.807, 2.05) is 38.0 Å². The van der Waals surface area contributed by atoms with Gasteiger partial charge >= 0.3 is 0 Å². The highest BCUT2D eigenvalue weighted by Crippen LogP contribution is 2.18. The molecule has 0 heterocycles. The first-order valence-electron chi connectivity index (χ1n) is 6.49. The molecule has 0 N–H and O–H groups in total. The number of nitrogens with zero attached hydrogens (tertiary/aromatic N) is 4. The van der Waals surface area contributed by atoms with Gasteiger partial charge in [-0.2, -0.15) is 0 Å². The van der Waals surface area contributed by atoms with Gasteiger partial charge in [-0.05, 0) is 30.2 Å². The standard InChI is InChI=1S/C15H26N4/c1-12-10-14(17(2)3)9-8-13(12)11-16-15(18(4)5)19(6)7/h8-10H,11H2,1-7H3. The van der Waals surface area contributed by atoms with Crippen LogP contribution in [0.4, 0.5) is 5.69 Å². The normalized spacial score (nSPS) is 10.1. The topological polar surface area (TPSA) is 22.1 Å². The minimum Gasteiger partial charge on any atom is -0.378 e. The highest BCUT2D eigenvalue weighted by atomic mass is 15.3. The molecule has 0 bridgehead atoms. The van der Waals surface area contributed by atoms with E-state index in [2.05, 4.69) is 49.1 Å². The molecule has 0 aliphatic heterocycles. The van der Waals surface area contributed by atoms with E-state index in [9.17, 15) is 0 Å². The van der Waals surface area contributed by atoms with Gasteiger partial charge in [-0.15, -0.1) is 0 Å². The molecule has 0 aliphatic rings. The molecular weight excluding hydrogens is 236 g/mol. The Morgan fingerprint density at radius 1 is 1.00 bits per heavy atom. The van der Waals surface area contributed by atoms with E-state index >= 15 is 0 Å². The molecule has 0 aromatic heterocycles. The van der Waals surface area contributed by atoms with Crippen LogP contribution in [0, 0.1) is 6.92 Å². The number of hydrogen-bond donors (Lipinski definition) is 0. The van der Waals surface area contributed by atoms with Crippen molar-refractivity contribution >= 4 is 11.6 Å². The Bertz CT molecular complexity index is 437. The fourth-order valence-corrected chi connectivity index (χ4v) is 1.97. The summed E-state index contributed by atoms with van der Waals surface area (Å²) in [6, 6.07) is 6.51. The monoisotopic (exact) mass is 262 g/mol. The number of guanidine groups is 1. The van der Waals surface area contributed by atoms with E-state index < -0.39 is 0 Å². The Morgan fingerprint density at radius 3 is 2.00 bits per heavy atom. The van der Waals surface area contributed by atoms with Gasteiger partial charge < -0.3 is 14.7 Å². The second-order valence-electron chi connectivity index (χ2n) is 5.41. The van der Waals surface area contributed by atoms with E-state index in [1.165, 1.54) is 16.8 Å². The molecule has 0 saturated carbocycles. The minimum atomic E-state index is 0.714. The lowest BCUT2D eigenvalue weighted by Gasteiger charge is -2.23. The zero-order chi connectivity index (χ0) is 14.6. The Balaban J connectivity index is 2.91. The van der Waals surface area contributed by atoms with Crippen LogP contribution in [0.5, 0.6) is 0 Å². The average Bonchev–Trinajstić information content (AvgIpc) is 2.29. The Morgan fingerprint density at radius 2 is 1.58 bits per heavy atom. The van der Waals surface area contributed by atoms with Gasteiger partial charge in [-0.25, -0.2) is 4.99 Å². The molecular formula is C15H26N4. The molecule has 0 saturated heterocycles. The zero-order valence-electron chi connectivity index (χ0n) is 13.2. The SMILES string of the molecule is Cc1cc(N(C)C)ccc1CN=C(N(C)C)N(C)C. The maximum atomic E-state index is 4.68. The fourth-order valence-electron chi connectivity index (χ4n) is 1.97. The molecule has 1 rings (SSSR count). The second kappa shape index (κ2) is 6.45. The van der Waals surface area contributed by atoms with Crippen molar-refractivity contribution in [2.75, 3.05) is 47.2 Å². The van der Waals surface area contributed by atoms with Crippen LogP contribution >= 0.6 is 0 Å². The quantitative estimate of drug-likeness (QED) is 0.615. The van der Waals surface area contributed by atoms with E-state index in [4.69, 9.17) is 0 Å². The van der Waals surface area contributed by atoms with E-state index in [0.29, 0.717) is 6.54 Å². The third kappa shape index (κ3) is 4.16. The van der Waals surface area contributed by atoms with Crippen LogP contribution in [-0.4, -0.2) is 58.0 Å². The van der Waals surface area contributed by atoms with Gasteiger partial charge in [0.15, 0.2) is 5.96 Å². The second-order valence-corrected chi connectivity index (χ2v) is 5.41. The number of aryl methyl sites for hydroxylation is 1. The zero-order valence-corrected chi connectivity index (χ0v) is 13.2. The summed E-state index contributed by atoms with van der Waals surface area (Å²) in [7, 11) is 12.2. The van der Waals surface area contributed by atoms with E-state index in [0.717, 1.165) is 5.96 Å². The van der Waals surface area contributed by atoms with Crippen molar-refractivity contribution in [1.29, 1.82) is 0 Å². The molecule has 0 radical (unpaired) electrons. The smallest absolute Gasteiger partial charge is 0.195 e. The van der Waals surface area contributed by atoms with Gasteiger partial charge in [-0.3, -0.25) is 0 Å². The van der Waals surface area contributed by atoms with Crippen molar-refractivity contribution in [1.82, 2.24) is 9.80 Å². The number of anilines is 1. The van der Waals surface area contributed by atoms with Gasteiger partial charge in [0.1, 0.15) is 0 Å². The first-order valence-corrected chi connectivity index (χ1v) is 6.49. The molecule has 0 fully saturated rings. The van der Waals surface area contributed by atoms with Gasteiger partial charge in [0, 0.05) is 48.0 Å². The van der Waals surface area contributed by atoms with Crippen LogP contribution in [-0.2, 0) is 6.54 Å². The molecule has 0 aliphatic carbocycles. The molecule has 0 unspecified atom stereocenters. The predicted octanol–water partition coefficient (Wildman–Crippen LogP) is 2.04. The highest BCUT2D eigenvalue weighted by molar-refractivity contribution is 5.79. The summed E-state index contributed by atoms with van der Waals surface area (Å²) in [5.74, 6) is 0.982. The average molecular weight is 262 g/mol. The lowest BCUT2D eigenvalue weighted by Crippen LogP contribution is -2.35. The largest absolute Gasteiger partial charge is 0.378 e. The van der Waals surface area contributed by atoms with Crippen molar-refractivity contribution in [3.8, 4) is 0 Å². The molecule has 1 aromatic carbocycles. The molecule has 4 nitrogen and oxygen atoms in total. The maximum Gasteiger partial charge on any atom is 0.195 e. The highest BCUT2D eigenvalue weighted by Gasteiger charge is 2.05. The summed E-state index contributed by atoms with van der Waals surface area (Å²) in [5.41, 5.74) is 3.78. The van der Waals surface area contributed by atoms with Crippen LogP contribution < -0.4 is 4.90 Å². The Labute approximate surface area is 117 Å². The molecule has 106 valence electrons. The molecule has 1 aromatic rings. The third-order valence-corrected chi connectivity index (χ3v) is 3.03. The van der Waals surface area contributed by atoms with Crippen LogP contribution in [0.15, 0.2) is 23.2 Å². The summed E-state index contributed by atoms with van der Waals surface area (Å²) >= 11 is 0. The fraction of sp³-hybridized carbons (Fsp3) is 0.533. The van der Waals surface area contributed by atoms with Crippen LogP contribution in [0.25, 0.3) is 0 Å². The predicted molar refractivity (Wildman–Crippen MR) is 84.0 cm³/mol. The van der Waals surface area contributed by atoms with Crippen molar-refractivity contribution in [2.24, 2.45) is 4.99 Å². The number of hydrogen-bond acceptors (Lipinski definition) is 2. The number of aliphatic imine (C=N–C) groups is 1. The molecule has 0 amide bonds. The summed E-state index contributed by atoms with van der Waals surface area (Å²) < 4.78 is 0. The van der Waals surface area contributed by atoms with Gasteiger partial charge in [0.25, 0.3) is 0 Å². The van der Waals surface area contributed by atoms with E-state index in [1.54, 1.807) is 0 Å². The van der Waals surface area contributed by atoms with Crippen molar-refractivity contribution < 1.29 is 0 Å². The van der Waals surface area contributed by atoms with Crippen LogP contribution in [0.1, 0.15) is 11.1 Å². The summed E-state index contributed by atoms with van der Waals surface area (Å²) in [6.45, 7) is 2.86. The maximum absolute atomic E-state index is 4.68. The number of rotatable bonds is 3. The Kier molecular flexibility index (Phi) is 5.21. The lowest BCUT2D eigenvalue weighted by atomic mass is 10.1. The van der Waals surface area contributed by atoms with Crippen molar-refractivity contribution in [3.05, 3.63) is 29.3 Å². The summed E-state index contributed by atoms with van der Waals surface area (Å²) in [4.78, 5) is 10.9. The summed E-state index contributed by atoms with van der Waals surface area (Å²) in [5, 5.41) is 0. The van der Waals surface area contributed by atoms with Crippen LogP contribution in [0.2, 0.25) is 0 Å². The van der Waals surface area contributed by atoms with Gasteiger partial charge in [-0.1, -0.05) is 6.07 Å². The first-order chi connectivity index (χ1) is 8.82. The molecule has 19 heavy (non-hydrogen) atoms. The van der Waals surface area contributed by atoms with Crippen molar-refractivity contribution in [3.63, 3.8) is 0 Å². The molecule has 4 heteroatoms.